The fourth-order valence-corrected chi connectivity index (χ4v) is 5.60. The number of aryl methyl sites for hydroxylation is 1. The smallest absolute Gasteiger partial charge is 0.328 e. The zero-order valence-electron chi connectivity index (χ0n) is 19.1. The van der Waals surface area contributed by atoms with Crippen LogP contribution in [0.1, 0.15) is 29.5 Å². The van der Waals surface area contributed by atoms with Crippen molar-refractivity contribution in [2.24, 2.45) is 0 Å². The van der Waals surface area contributed by atoms with Gasteiger partial charge in [0.1, 0.15) is 12.1 Å². The number of hydrogen-bond donors (Lipinski definition) is 2. The van der Waals surface area contributed by atoms with E-state index in [2.05, 4.69) is 5.32 Å². The number of carboxylic acid groups (broad SMARTS) is 1. The monoisotopic (exact) mass is 488 g/mol. The molecule has 0 spiro atoms. The minimum atomic E-state index is -3.88. The van der Waals surface area contributed by atoms with Crippen LogP contribution in [0, 0.1) is 6.92 Å². The maximum absolute atomic E-state index is 13.1. The molecule has 9 nitrogen and oxygen atoms in total. The number of carboxylic acids is 1. The third-order valence-corrected chi connectivity index (χ3v) is 7.68. The van der Waals surface area contributed by atoms with Crippen LogP contribution >= 0.6 is 0 Å². The molecule has 2 aromatic carbocycles. The largest absolute Gasteiger partial charge is 0.481 e. The van der Waals surface area contributed by atoms with Crippen molar-refractivity contribution in [1.29, 1.82) is 0 Å². The predicted octanol–water partition coefficient (Wildman–Crippen LogP) is 1.68. The number of carbonyl (C=O) groups is 3. The lowest BCUT2D eigenvalue weighted by molar-refractivity contribution is -0.145. The molecule has 0 bridgehead atoms. The first-order valence-corrected chi connectivity index (χ1v) is 12.3. The summed E-state index contributed by atoms with van der Waals surface area (Å²) in [6.07, 6.45) is 0.861. The van der Waals surface area contributed by atoms with Gasteiger partial charge in [-0.05, 0) is 43.0 Å². The van der Waals surface area contributed by atoms with Gasteiger partial charge in [0.05, 0.1) is 18.4 Å². The van der Waals surface area contributed by atoms with Crippen LogP contribution in [-0.4, -0.2) is 61.4 Å². The van der Waals surface area contributed by atoms with Crippen LogP contribution < -0.4 is 5.32 Å². The molecule has 0 radical (unpaired) electrons. The van der Waals surface area contributed by atoms with Gasteiger partial charge in [-0.1, -0.05) is 42.0 Å². The molecule has 0 aliphatic carbocycles. The van der Waals surface area contributed by atoms with Crippen LogP contribution in [0.15, 0.2) is 53.4 Å². The van der Waals surface area contributed by atoms with E-state index in [0.717, 1.165) is 5.56 Å². The van der Waals surface area contributed by atoms with E-state index in [1.54, 1.807) is 36.4 Å². The van der Waals surface area contributed by atoms with Gasteiger partial charge >= 0.3 is 11.9 Å². The summed E-state index contributed by atoms with van der Waals surface area (Å²) < 4.78 is 32.3. The Morgan fingerprint density at radius 3 is 2.29 bits per heavy atom. The lowest BCUT2D eigenvalue weighted by Gasteiger charge is -2.25. The molecule has 1 heterocycles. The quantitative estimate of drug-likeness (QED) is 0.514. The average Bonchev–Trinajstić information content (AvgIpc) is 3.30. The number of carbonyl (C=O) groups excluding carboxylic acids is 2. The van der Waals surface area contributed by atoms with E-state index in [1.165, 1.54) is 23.5 Å². The van der Waals surface area contributed by atoms with E-state index >= 15 is 0 Å². The van der Waals surface area contributed by atoms with Crippen molar-refractivity contribution in [2.75, 3.05) is 13.7 Å². The Labute approximate surface area is 198 Å². The molecule has 1 fully saturated rings. The van der Waals surface area contributed by atoms with Crippen molar-refractivity contribution in [3.05, 3.63) is 65.2 Å². The lowest BCUT2D eigenvalue weighted by Crippen LogP contribution is -2.51. The Kier molecular flexibility index (Phi) is 8.06. The van der Waals surface area contributed by atoms with Crippen LogP contribution in [0.25, 0.3) is 0 Å². The molecule has 2 atom stereocenters. The van der Waals surface area contributed by atoms with Crippen LogP contribution in [0.4, 0.5) is 0 Å². The number of esters is 1. The molecule has 10 heteroatoms. The lowest BCUT2D eigenvalue weighted by atomic mass is 10.0. The molecule has 1 saturated heterocycles. The summed E-state index contributed by atoms with van der Waals surface area (Å²) >= 11 is 0. The van der Waals surface area contributed by atoms with Gasteiger partial charge in [-0.15, -0.1) is 0 Å². The third-order valence-electron chi connectivity index (χ3n) is 5.75. The van der Waals surface area contributed by atoms with Crippen molar-refractivity contribution in [3.8, 4) is 0 Å². The van der Waals surface area contributed by atoms with Crippen molar-refractivity contribution in [1.82, 2.24) is 9.62 Å². The highest BCUT2D eigenvalue weighted by atomic mass is 32.2. The van der Waals surface area contributed by atoms with E-state index in [0.29, 0.717) is 24.0 Å². The Morgan fingerprint density at radius 2 is 1.71 bits per heavy atom. The molecule has 3 rings (SSSR count). The first-order valence-electron chi connectivity index (χ1n) is 10.9. The molecular weight excluding hydrogens is 460 g/mol. The van der Waals surface area contributed by atoms with Crippen molar-refractivity contribution >= 4 is 27.9 Å². The number of benzene rings is 2. The zero-order valence-corrected chi connectivity index (χ0v) is 19.9. The van der Waals surface area contributed by atoms with E-state index in [1.807, 2.05) is 6.92 Å². The summed E-state index contributed by atoms with van der Waals surface area (Å²) in [6.45, 7) is 2.07. The summed E-state index contributed by atoms with van der Waals surface area (Å²) in [5.41, 5.74) is 2.23. The second-order valence-corrected chi connectivity index (χ2v) is 10.2. The van der Waals surface area contributed by atoms with E-state index in [4.69, 9.17) is 9.84 Å². The number of sulfonamides is 1. The number of hydrogen-bond acceptors (Lipinski definition) is 6. The minimum absolute atomic E-state index is 0.114. The third kappa shape index (κ3) is 6.00. The topological polar surface area (TPSA) is 130 Å². The maximum atomic E-state index is 13.1. The number of rotatable bonds is 9. The fraction of sp³-hybridized carbons (Fsp3) is 0.375. The molecule has 1 aliphatic rings. The van der Waals surface area contributed by atoms with E-state index < -0.39 is 40.0 Å². The van der Waals surface area contributed by atoms with Crippen molar-refractivity contribution < 1.29 is 32.6 Å². The number of aliphatic carboxylic acids is 1. The molecule has 182 valence electrons. The molecule has 2 N–H and O–H groups in total. The molecular formula is C24H28N2O7S. The van der Waals surface area contributed by atoms with Gasteiger partial charge in [-0.25, -0.2) is 13.2 Å². The number of nitrogens with zero attached hydrogens (tertiary/aromatic N) is 1. The summed E-state index contributed by atoms with van der Waals surface area (Å²) in [4.78, 5) is 36.4. The van der Waals surface area contributed by atoms with Crippen LogP contribution in [0.5, 0.6) is 0 Å². The first-order chi connectivity index (χ1) is 16.1. The molecule has 0 aromatic heterocycles. The van der Waals surface area contributed by atoms with Crippen LogP contribution in [0.2, 0.25) is 0 Å². The van der Waals surface area contributed by atoms with Gasteiger partial charge in [-0.3, -0.25) is 9.59 Å². The Bertz CT molecular complexity index is 1140. The summed E-state index contributed by atoms with van der Waals surface area (Å²) in [7, 11) is -2.67. The van der Waals surface area contributed by atoms with E-state index in [9.17, 15) is 22.8 Å². The summed E-state index contributed by atoms with van der Waals surface area (Å²) in [6, 6.07) is 11.1. The highest BCUT2D eigenvalue weighted by Gasteiger charge is 2.40. The fourth-order valence-electron chi connectivity index (χ4n) is 3.94. The van der Waals surface area contributed by atoms with Gasteiger partial charge in [0, 0.05) is 13.0 Å². The van der Waals surface area contributed by atoms with Gasteiger partial charge in [0.25, 0.3) is 0 Å². The van der Waals surface area contributed by atoms with Gasteiger partial charge in [0.2, 0.25) is 15.9 Å². The van der Waals surface area contributed by atoms with Gasteiger partial charge in [-0.2, -0.15) is 4.31 Å². The Balaban J connectivity index is 1.75. The number of amides is 1. The standard InChI is InChI=1S/C24H28N2O7S/c1-16-5-11-19(12-6-16)34(31,32)26-13-3-4-21(26)23(29)25-20(24(30)33-2)14-17-7-9-18(10-8-17)15-22(27)28/h5-12,20-21H,3-4,13-15H2,1-2H3,(H,25,29)(H,27,28)/t20-,21-/m0/s1. The molecule has 1 aliphatic heterocycles. The van der Waals surface area contributed by atoms with E-state index in [-0.39, 0.29) is 24.3 Å². The number of ether oxygens (including phenoxy) is 1. The predicted molar refractivity (Wildman–Crippen MR) is 124 cm³/mol. The average molecular weight is 489 g/mol. The zero-order chi connectivity index (χ0) is 24.9. The second-order valence-electron chi connectivity index (χ2n) is 8.26. The highest BCUT2D eigenvalue weighted by molar-refractivity contribution is 7.89. The highest BCUT2D eigenvalue weighted by Crippen LogP contribution is 2.26. The molecule has 34 heavy (non-hydrogen) atoms. The number of methoxy groups -OCH3 is 1. The minimum Gasteiger partial charge on any atom is -0.481 e. The van der Waals surface area contributed by atoms with Crippen molar-refractivity contribution in [3.63, 3.8) is 0 Å². The molecule has 1 amide bonds. The summed E-state index contributed by atoms with van der Waals surface area (Å²) in [5, 5.41) is 11.6. The van der Waals surface area contributed by atoms with Gasteiger partial charge < -0.3 is 15.2 Å². The first kappa shape index (κ1) is 25.4. The molecule has 2 aromatic rings. The maximum Gasteiger partial charge on any atom is 0.328 e. The SMILES string of the molecule is COC(=O)[C@H](Cc1ccc(CC(=O)O)cc1)NC(=O)[C@@H]1CCCN1S(=O)(=O)c1ccc(C)cc1. The number of nitrogens with one attached hydrogen (secondary N) is 1. The van der Waals surface area contributed by atoms with Crippen molar-refractivity contribution in [2.45, 2.75) is 49.6 Å². The van der Waals surface area contributed by atoms with Crippen LogP contribution in [0.3, 0.4) is 0 Å². The summed E-state index contributed by atoms with van der Waals surface area (Å²) in [5.74, 6) is -2.17. The van der Waals surface area contributed by atoms with Crippen LogP contribution in [-0.2, 0) is 42.0 Å². The van der Waals surface area contributed by atoms with Gasteiger partial charge in [0.15, 0.2) is 0 Å². The molecule has 0 unspecified atom stereocenters. The molecule has 0 saturated carbocycles. The normalized spacial score (nSPS) is 17.2. The second kappa shape index (κ2) is 10.8. The Morgan fingerprint density at radius 1 is 1.09 bits per heavy atom. The Hall–Kier alpha value is -3.24.